The number of likely N-dealkylation sites (N-methyl/N-ethyl adjacent to an activating group) is 1. The summed E-state index contributed by atoms with van der Waals surface area (Å²) in [6.45, 7) is 2.46. The van der Waals surface area contributed by atoms with E-state index in [0.29, 0.717) is 23.2 Å². The summed E-state index contributed by atoms with van der Waals surface area (Å²) in [6.07, 6.45) is 1.52. The summed E-state index contributed by atoms with van der Waals surface area (Å²) in [6, 6.07) is 0. The number of nitrogens with zero attached hydrogens (tertiary/aromatic N) is 3. The lowest BCUT2D eigenvalue weighted by Gasteiger charge is -2.21. The van der Waals surface area contributed by atoms with Crippen LogP contribution >= 0.6 is 15.9 Å². The molecule has 8 heteroatoms. The standard InChI is InChI=1S/C12H21BrN4O3/c1-12(20,8-18)7-14-9-6-15-17(5-4-16(2)3)11(19)10(9)13/h6,14,18,20H,4-5,7-8H2,1-3H3. The summed E-state index contributed by atoms with van der Waals surface area (Å²) in [5, 5.41) is 25.7. The predicted molar refractivity (Wildman–Crippen MR) is 81.0 cm³/mol. The summed E-state index contributed by atoms with van der Waals surface area (Å²) in [4.78, 5) is 14.0. The van der Waals surface area contributed by atoms with Crippen LogP contribution in [0.3, 0.4) is 0 Å². The van der Waals surface area contributed by atoms with Crippen LogP contribution in [0.15, 0.2) is 15.5 Å². The van der Waals surface area contributed by atoms with Crippen LogP contribution in [0.2, 0.25) is 0 Å². The Morgan fingerprint density at radius 1 is 1.55 bits per heavy atom. The molecule has 0 aromatic carbocycles. The van der Waals surface area contributed by atoms with Crippen molar-refractivity contribution in [3.8, 4) is 0 Å². The molecule has 1 atom stereocenters. The number of hydrogen-bond donors (Lipinski definition) is 3. The molecule has 0 spiro atoms. The predicted octanol–water partition coefficient (Wildman–Crippen LogP) is -0.277. The van der Waals surface area contributed by atoms with Gasteiger partial charge in [-0.05, 0) is 36.9 Å². The Hall–Kier alpha value is -0.960. The maximum Gasteiger partial charge on any atom is 0.283 e. The summed E-state index contributed by atoms with van der Waals surface area (Å²) in [5.41, 5.74) is -0.996. The SMILES string of the molecule is CN(C)CCn1ncc(NCC(C)(O)CO)c(Br)c1=O. The summed E-state index contributed by atoms with van der Waals surface area (Å²) < 4.78 is 1.74. The van der Waals surface area contributed by atoms with Crippen LogP contribution in [0, 0.1) is 0 Å². The molecule has 1 unspecified atom stereocenters. The van der Waals surface area contributed by atoms with Crippen molar-refractivity contribution in [3.05, 3.63) is 21.0 Å². The largest absolute Gasteiger partial charge is 0.393 e. The highest BCUT2D eigenvalue weighted by Crippen LogP contribution is 2.17. The Balaban J connectivity index is 2.81. The first-order valence-electron chi connectivity index (χ1n) is 6.24. The van der Waals surface area contributed by atoms with Crippen molar-refractivity contribution in [1.29, 1.82) is 0 Å². The van der Waals surface area contributed by atoms with Crippen molar-refractivity contribution in [2.24, 2.45) is 0 Å². The lowest BCUT2D eigenvalue weighted by atomic mass is 10.1. The average molecular weight is 349 g/mol. The van der Waals surface area contributed by atoms with Crippen molar-refractivity contribution >= 4 is 21.6 Å². The molecule has 7 nitrogen and oxygen atoms in total. The third-order valence-electron chi connectivity index (χ3n) is 2.74. The van der Waals surface area contributed by atoms with Gasteiger partial charge >= 0.3 is 0 Å². The zero-order valence-electron chi connectivity index (χ0n) is 11.9. The minimum absolute atomic E-state index is 0.116. The van der Waals surface area contributed by atoms with Crippen LogP contribution in [-0.4, -0.2) is 64.3 Å². The molecule has 0 aliphatic rings. The molecule has 0 aliphatic carbocycles. The van der Waals surface area contributed by atoms with Crippen molar-refractivity contribution in [2.75, 3.05) is 39.1 Å². The molecule has 1 rings (SSSR count). The highest BCUT2D eigenvalue weighted by molar-refractivity contribution is 9.10. The molecule has 114 valence electrons. The van der Waals surface area contributed by atoms with E-state index in [-0.39, 0.29) is 18.7 Å². The number of halogens is 1. The van der Waals surface area contributed by atoms with E-state index in [9.17, 15) is 9.90 Å². The third-order valence-corrected chi connectivity index (χ3v) is 3.51. The molecule has 0 bridgehead atoms. The molecule has 1 aromatic heterocycles. The Bertz CT molecular complexity index is 502. The second-order valence-corrected chi connectivity index (χ2v) is 6.01. The second kappa shape index (κ2) is 7.16. The van der Waals surface area contributed by atoms with Crippen LogP contribution in [0.5, 0.6) is 0 Å². The van der Waals surface area contributed by atoms with E-state index in [1.54, 1.807) is 0 Å². The van der Waals surface area contributed by atoms with E-state index >= 15 is 0 Å². The molecule has 0 fully saturated rings. The van der Waals surface area contributed by atoms with Gasteiger partial charge in [-0.1, -0.05) is 0 Å². The summed E-state index contributed by atoms with van der Waals surface area (Å²) in [5.74, 6) is 0. The first-order chi connectivity index (χ1) is 9.26. The molecular formula is C12H21BrN4O3. The Labute approximate surface area is 126 Å². The van der Waals surface area contributed by atoms with E-state index in [1.165, 1.54) is 17.8 Å². The van der Waals surface area contributed by atoms with Gasteiger partial charge in [0.25, 0.3) is 5.56 Å². The smallest absolute Gasteiger partial charge is 0.283 e. The normalized spacial score (nSPS) is 14.3. The van der Waals surface area contributed by atoms with Crippen molar-refractivity contribution in [1.82, 2.24) is 14.7 Å². The molecule has 1 aromatic rings. The fraction of sp³-hybridized carbons (Fsp3) is 0.667. The Morgan fingerprint density at radius 3 is 2.75 bits per heavy atom. The van der Waals surface area contributed by atoms with Gasteiger partial charge in [0.05, 0.1) is 25.0 Å². The van der Waals surface area contributed by atoms with Crippen molar-refractivity contribution < 1.29 is 10.2 Å². The molecule has 3 N–H and O–H groups in total. The van der Waals surface area contributed by atoms with Crippen LogP contribution < -0.4 is 10.9 Å². The van der Waals surface area contributed by atoms with Crippen LogP contribution in [0.25, 0.3) is 0 Å². The molecule has 0 radical (unpaired) electrons. The Morgan fingerprint density at radius 2 is 2.20 bits per heavy atom. The molecule has 0 saturated carbocycles. The van der Waals surface area contributed by atoms with Gasteiger partial charge in [-0.25, -0.2) is 4.68 Å². The molecule has 0 saturated heterocycles. The van der Waals surface area contributed by atoms with Gasteiger partial charge in [-0.2, -0.15) is 5.10 Å². The number of aromatic nitrogens is 2. The highest BCUT2D eigenvalue weighted by atomic mass is 79.9. The maximum absolute atomic E-state index is 12.1. The van der Waals surface area contributed by atoms with Crippen molar-refractivity contribution in [2.45, 2.75) is 19.1 Å². The van der Waals surface area contributed by atoms with E-state index in [1.807, 2.05) is 19.0 Å². The van der Waals surface area contributed by atoms with Crippen molar-refractivity contribution in [3.63, 3.8) is 0 Å². The zero-order chi connectivity index (χ0) is 15.3. The van der Waals surface area contributed by atoms with Crippen LogP contribution in [-0.2, 0) is 6.54 Å². The molecule has 0 aliphatic heterocycles. The molecule has 20 heavy (non-hydrogen) atoms. The summed E-state index contributed by atoms with van der Waals surface area (Å²) >= 11 is 3.23. The maximum atomic E-state index is 12.1. The number of aliphatic hydroxyl groups excluding tert-OH is 1. The first-order valence-corrected chi connectivity index (χ1v) is 7.03. The quantitative estimate of drug-likeness (QED) is 0.628. The molecule has 0 amide bonds. The van der Waals surface area contributed by atoms with Gasteiger partial charge in [-0.15, -0.1) is 0 Å². The lowest BCUT2D eigenvalue weighted by Crippen LogP contribution is -2.38. The van der Waals surface area contributed by atoms with Gasteiger partial charge in [-0.3, -0.25) is 4.79 Å². The van der Waals surface area contributed by atoms with E-state index < -0.39 is 5.60 Å². The molecule has 1 heterocycles. The van der Waals surface area contributed by atoms with Gasteiger partial charge in [0, 0.05) is 13.1 Å². The topological polar surface area (TPSA) is 90.6 Å². The zero-order valence-corrected chi connectivity index (χ0v) is 13.5. The Kier molecular flexibility index (Phi) is 6.12. The monoisotopic (exact) mass is 348 g/mol. The van der Waals surface area contributed by atoms with Gasteiger partial charge in [0.1, 0.15) is 10.1 Å². The summed E-state index contributed by atoms with van der Waals surface area (Å²) in [7, 11) is 3.85. The highest BCUT2D eigenvalue weighted by Gasteiger charge is 2.19. The average Bonchev–Trinajstić information content (AvgIpc) is 2.39. The first kappa shape index (κ1) is 17.1. The number of hydrogen-bond acceptors (Lipinski definition) is 6. The molecular weight excluding hydrogens is 328 g/mol. The van der Waals surface area contributed by atoms with E-state index in [4.69, 9.17) is 5.11 Å². The minimum Gasteiger partial charge on any atom is -0.393 e. The fourth-order valence-corrected chi connectivity index (χ4v) is 1.83. The second-order valence-electron chi connectivity index (χ2n) is 5.21. The lowest BCUT2D eigenvalue weighted by molar-refractivity contribution is 0.0132. The number of anilines is 1. The van der Waals surface area contributed by atoms with E-state index in [2.05, 4.69) is 26.3 Å². The number of rotatable bonds is 7. The van der Waals surface area contributed by atoms with Crippen LogP contribution in [0.1, 0.15) is 6.92 Å². The van der Waals surface area contributed by atoms with Gasteiger partial charge in [0.2, 0.25) is 0 Å². The van der Waals surface area contributed by atoms with E-state index in [0.717, 1.165) is 0 Å². The number of aliphatic hydroxyl groups is 2. The van der Waals surface area contributed by atoms with Crippen LogP contribution in [0.4, 0.5) is 5.69 Å². The van der Waals surface area contributed by atoms with Gasteiger partial charge in [0.15, 0.2) is 0 Å². The van der Waals surface area contributed by atoms with Gasteiger partial charge < -0.3 is 20.4 Å². The minimum atomic E-state index is -1.25. The fourth-order valence-electron chi connectivity index (χ4n) is 1.38. The third kappa shape index (κ3) is 4.86. The number of nitrogens with one attached hydrogen (secondary N) is 1.